The van der Waals surface area contributed by atoms with Gasteiger partial charge in [-0.1, -0.05) is 29.3 Å². The topological polar surface area (TPSA) is 17.3 Å². The zero-order chi connectivity index (χ0) is 12.3. The summed E-state index contributed by atoms with van der Waals surface area (Å²) in [6, 6.07) is 10.4. The molecular formula is C15H11ClN2. The molecule has 2 aromatic heterocycles. The van der Waals surface area contributed by atoms with Crippen LogP contribution in [0.25, 0.3) is 16.9 Å². The Hall–Kier alpha value is -1.80. The number of hydrogen-bond donors (Lipinski definition) is 0. The van der Waals surface area contributed by atoms with Crippen molar-refractivity contribution in [2.45, 2.75) is 13.3 Å². The molecule has 3 heteroatoms. The van der Waals surface area contributed by atoms with Crippen LogP contribution in [-0.2, 0) is 6.42 Å². The molecule has 0 aliphatic heterocycles. The molecule has 0 saturated heterocycles. The summed E-state index contributed by atoms with van der Waals surface area (Å²) in [7, 11) is 0. The number of nitrogens with zero attached hydrogens (tertiary/aromatic N) is 2. The Kier molecular flexibility index (Phi) is 1.90. The Morgan fingerprint density at radius 2 is 2.17 bits per heavy atom. The fourth-order valence-corrected chi connectivity index (χ4v) is 2.94. The van der Waals surface area contributed by atoms with Gasteiger partial charge in [0.25, 0.3) is 0 Å². The molecule has 3 aromatic rings. The van der Waals surface area contributed by atoms with Gasteiger partial charge in [0.15, 0.2) is 5.65 Å². The first-order valence-corrected chi connectivity index (χ1v) is 6.37. The third-order valence-electron chi connectivity index (χ3n) is 3.55. The van der Waals surface area contributed by atoms with Crippen LogP contribution in [0.2, 0.25) is 5.02 Å². The predicted molar refractivity (Wildman–Crippen MR) is 73.2 cm³/mol. The summed E-state index contributed by atoms with van der Waals surface area (Å²) in [5.41, 5.74) is 7.11. The molecule has 2 nitrogen and oxygen atoms in total. The number of fused-ring (bicyclic) bond motifs is 5. The zero-order valence-corrected chi connectivity index (χ0v) is 10.7. The van der Waals surface area contributed by atoms with Crippen LogP contribution in [0.3, 0.4) is 0 Å². The Labute approximate surface area is 110 Å². The quantitative estimate of drug-likeness (QED) is 0.466. The van der Waals surface area contributed by atoms with Crippen LogP contribution in [0.1, 0.15) is 16.8 Å². The fourth-order valence-electron chi connectivity index (χ4n) is 2.74. The number of aryl methyl sites for hydroxylation is 1. The normalized spacial score (nSPS) is 12.8. The highest BCUT2D eigenvalue weighted by Gasteiger charge is 2.24. The van der Waals surface area contributed by atoms with Gasteiger partial charge in [0.1, 0.15) is 0 Å². The summed E-state index contributed by atoms with van der Waals surface area (Å²) in [4.78, 5) is 4.67. The van der Waals surface area contributed by atoms with Gasteiger partial charge in [0.05, 0.1) is 16.4 Å². The van der Waals surface area contributed by atoms with E-state index in [9.17, 15) is 0 Å². The highest BCUT2D eigenvalue weighted by molar-refractivity contribution is 6.33. The van der Waals surface area contributed by atoms with E-state index in [0.717, 1.165) is 17.8 Å². The molecule has 1 aliphatic rings. The third kappa shape index (κ3) is 1.21. The highest BCUT2D eigenvalue weighted by atomic mass is 35.5. The summed E-state index contributed by atoms with van der Waals surface area (Å²) in [6.45, 7) is 2.12. The molecule has 1 aromatic carbocycles. The minimum atomic E-state index is 0.709. The number of hydrogen-bond acceptors (Lipinski definition) is 1. The number of benzene rings is 1. The van der Waals surface area contributed by atoms with E-state index >= 15 is 0 Å². The SMILES string of the molecule is Cc1ccc2c(c1)-c1c(nc3c(Cl)cccn13)C2. The number of aromatic nitrogens is 2. The molecule has 18 heavy (non-hydrogen) atoms. The summed E-state index contributed by atoms with van der Waals surface area (Å²) >= 11 is 6.20. The minimum Gasteiger partial charge on any atom is -0.298 e. The zero-order valence-electron chi connectivity index (χ0n) is 9.94. The lowest BCUT2D eigenvalue weighted by atomic mass is 10.1. The largest absolute Gasteiger partial charge is 0.298 e. The second-order valence-corrected chi connectivity index (χ2v) is 5.20. The lowest BCUT2D eigenvalue weighted by Gasteiger charge is -2.04. The number of imidazole rings is 1. The molecule has 0 atom stereocenters. The van der Waals surface area contributed by atoms with E-state index in [-0.39, 0.29) is 0 Å². The van der Waals surface area contributed by atoms with Gasteiger partial charge in [-0.25, -0.2) is 4.98 Å². The van der Waals surface area contributed by atoms with E-state index in [1.165, 1.54) is 22.4 Å². The van der Waals surface area contributed by atoms with Gasteiger partial charge < -0.3 is 0 Å². The van der Waals surface area contributed by atoms with Crippen molar-refractivity contribution in [3.8, 4) is 11.3 Å². The van der Waals surface area contributed by atoms with Crippen molar-refractivity contribution in [3.05, 3.63) is 58.4 Å². The Morgan fingerprint density at radius 3 is 3.06 bits per heavy atom. The van der Waals surface area contributed by atoms with Crippen LogP contribution < -0.4 is 0 Å². The second-order valence-electron chi connectivity index (χ2n) is 4.79. The van der Waals surface area contributed by atoms with Gasteiger partial charge in [-0.05, 0) is 30.7 Å². The average Bonchev–Trinajstić information content (AvgIpc) is 2.86. The standard InChI is InChI=1S/C15H11ClN2/c1-9-4-5-10-8-13-14(11(10)7-9)18-6-2-3-12(16)15(18)17-13/h2-7H,8H2,1H3. The molecule has 4 rings (SSSR count). The van der Waals surface area contributed by atoms with Gasteiger partial charge in [-0.2, -0.15) is 0 Å². The maximum Gasteiger partial charge on any atom is 0.156 e. The van der Waals surface area contributed by atoms with Crippen molar-refractivity contribution in [1.82, 2.24) is 9.38 Å². The Morgan fingerprint density at radius 1 is 1.28 bits per heavy atom. The van der Waals surface area contributed by atoms with E-state index in [4.69, 9.17) is 11.6 Å². The van der Waals surface area contributed by atoms with E-state index in [0.29, 0.717) is 5.02 Å². The van der Waals surface area contributed by atoms with Crippen LogP contribution in [0.15, 0.2) is 36.5 Å². The minimum absolute atomic E-state index is 0.709. The molecule has 0 bridgehead atoms. The van der Waals surface area contributed by atoms with Crippen molar-refractivity contribution in [2.75, 3.05) is 0 Å². The lowest BCUT2D eigenvalue weighted by Crippen LogP contribution is -1.89. The molecule has 0 fully saturated rings. The molecule has 2 heterocycles. The van der Waals surface area contributed by atoms with Crippen molar-refractivity contribution in [2.24, 2.45) is 0 Å². The average molecular weight is 255 g/mol. The van der Waals surface area contributed by atoms with Gasteiger partial charge in [-0.15, -0.1) is 0 Å². The molecule has 0 amide bonds. The monoisotopic (exact) mass is 254 g/mol. The van der Waals surface area contributed by atoms with Crippen molar-refractivity contribution < 1.29 is 0 Å². The highest BCUT2D eigenvalue weighted by Crippen LogP contribution is 2.38. The molecule has 0 saturated carbocycles. The van der Waals surface area contributed by atoms with Crippen LogP contribution >= 0.6 is 11.6 Å². The Balaban J connectivity index is 2.13. The first-order chi connectivity index (χ1) is 8.74. The molecule has 0 N–H and O–H groups in total. The molecular weight excluding hydrogens is 244 g/mol. The molecule has 88 valence electrons. The predicted octanol–water partition coefficient (Wildman–Crippen LogP) is 3.87. The fraction of sp³-hybridized carbons (Fsp3) is 0.133. The van der Waals surface area contributed by atoms with E-state index in [2.05, 4.69) is 34.5 Å². The molecule has 1 aliphatic carbocycles. The summed E-state index contributed by atoms with van der Waals surface area (Å²) in [5.74, 6) is 0. The van der Waals surface area contributed by atoms with Crippen LogP contribution in [0.5, 0.6) is 0 Å². The van der Waals surface area contributed by atoms with Crippen molar-refractivity contribution in [3.63, 3.8) is 0 Å². The summed E-state index contributed by atoms with van der Waals surface area (Å²) in [6.07, 6.45) is 2.94. The van der Waals surface area contributed by atoms with E-state index < -0.39 is 0 Å². The first-order valence-electron chi connectivity index (χ1n) is 5.99. The van der Waals surface area contributed by atoms with E-state index in [1.807, 2.05) is 18.3 Å². The first kappa shape index (κ1) is 10.2. The molecule has 0 unspecified atom stereocenters. The van der Waals surface area contributed by atoms with Gasteiger partial charge in [0, 0.05) is 18.2 Å². The number of halogens is 1. The molecule has 0 radical (unpaired) electrons. The van der Waals surface area contributed by atoms with Crippen LogP contribution in [0.4, 0.5) is 0 Å². The summed E-state index contributed by atoms with van der Waals surface area (Å²) < 4.78 is 2.10. The van der Waals surface area contributed by atoms with Gasteiger partial charge in [0.2, 0.25) is 0 Å². The van der Waals surface area contributed by atoms with Crippen molar-refractivity contribution >= 4 is 17.2 Å². The van der Waals surface area contributed by atoms with Crippen LogP contribution in [-0.4, -0.2) is 9.38 Å². The van der Waals surface area contributed by atoms with Crippen LogP contribution in [0, 0.1) is 6.92 Å². The maximum atomic E-state index is 6.20. The third-order valence-corrected chi connectivity index (χ3v) is 3.85. The summed E-state index contributed by atoms with van der Waals surface area (Å²) in [5, 5.41) is 0.709. The molecule has 0 spiro atoms. The lowest BCUT2D eigenvalue weighted by molar-refractivity contribution is 1.16. The maximum absolute atomic E-state index is 6.20. The smallest absolute Gasteiger partial charge is 0.156 e. The number of rotatable bonds is 0. The van der Waals surface area contributed by atoms with E-state index in [1.54, 1.807) is 0 Å². The number of pyridine rings is 1. The Bertz CT molecular complexity index is 787. The van der Waals surface area contributed by atoms with Crippen molar-refractivity contribution in [1.29, 1.82) is 0 Å². The van der Waals surface area contributed by atoms with Gasteiger partial charge in [-0.3, -0.25) is 4.40 Å². The van der Waals surface area contributed by atoms with Gasteiger partial charge >= 0.3 is 0 Å². The second kappa shape index (κ2) is 3.36.